The van der Waals surface area contributed by atoms with Crippen molar-refractivity contribution in [3.8, 4) is 0 Å². The summed E-state index contributed by atoms with van der Waals surface area (Å²) in [6, 6.07) is -0.297. The van der Waals surface area contributed by atoms with Crippen LogP contribution in [0.3, 0.4) is 0 Å². The topological polar surface area (TPSA) is 99.8 Å². The molecular formula is C11H17N5O2. The zero-order valence-electron chi connectivity index (χ0n) is 10.5. The van der Waals surface area contributed by atoms with Gasteiger partial charge < -0.3 is 10.6 Å². The molecule has 1 heterocycles. The standard InChI is InChI=1S/C11H17N5O2/c1-3-8-14-9(16-15-8)11(18)12-6(2)10(17)13-7-4-5-7/h6-7H,3-5H2,1-2H3,(H,12,18)(H,13,17)(H,14,15,16). The van der Waals surface area contributed by atoms with Gasteiger partial charge in [0.1, 0.15) is 11.9 Å². The number of hydrogen-bond acceptors (Lipinski definition) is 4. The van der Waals surface area contributed by atoms with Crippen LogP contribution in [0.2, 0.25) is 0 Å². The van der Waals surface area contributed by atoms with E-state index in [4.69, 9.17) is 0 Å². The summed E-state index contributed by atoms with van der Waals surface area (Å²) in [6.45, 7) is 3.55. The molecular weight excluding hydrogens is 234 g/mol. The van der Waals surface area contributed by atoms with Crippen molar-refractivity contribution in [3.63, 3.8) is 0 Å². The van der Waals surface area contributed by atoms with Crippen LogP contribution in [0.25, 0.3) is 0 Å². The van der Waals surface area contributed by atoms with E-state index in [-0.39, 0.29) is 17.8 Å². The Kier molecular flexibility index (Phi) is 3.59. The fourth-order valence-electron chi connectivity index (χ4n) is 1.44. The molecule has 1 aliphatic rings. The molecule has 1 aliphatic carbocycles. The normalized spacial score (nSPS) is 16.1. The van der Waals surface area contributed by atoms with Crippen molar-refractivity contribution in [1.82, 2.24) is 25.8 Å². The molecule has 0 radical (unpaired) electrons. The van der Waals surface area contributed by atoms with Crippen LogP contribution in [-0.2, 0) is 11.2 Å². The third kappa shape index (κ3) is 3.06. The van der Waals surface area contributed by atoms with E-state index in [1.54, 1.807) is 6.92 Å². The SMILES string of the molecule is CCc1nc(C(=O)NC(C)C(=O)NC2CC2)n[nH]1. The van der Waals surface area contributed by atoms with Crippen molar-refractivity contribution in [2.45, 2.75) is 45.2 Å². The maximum Gasteiger partial charge on any atom is 0.291 e. The maximum absolute atomic E-state index is 11.8. The average molecular weight is 251 g/mol. The highest BCUT2D eigenvalue weighted by molar-refractivity contribution is 5.94. The van der Waals surface area contributed by atoms with Crippen molar-refractivity contribution >= 4 is 11.8 Å². The lowest BCUT2D eigenvalue weighted by Gasteiger charge is -2.12. The smallest absolute Gasteiger partial charge is 0.291 e. The number of rotatable bonds is 5. The molecule has 2 rings (SSSR count). The van der Waals surface area contributed by atoms with E-state index in [2.05, 4.69) is 25.8 Å². The van der Waals surface area contributed by atoms with Crippen molar-refractivity contribution < 1.29 is 9.59 Å². The molecule has 1 aromatic heterocycles. The predicted octanol–water partition coefficient (Wildman–Crippen LogP) is -0.236. The van der Waals surface area contributed by atoms with E-state index in [1.807, 2.05) is 6.92 Å². The van der Waals surface area contributed by atoms with E-state index < -0.39 is 11.9 Å². The van der Waals surface area contributed by atoms with Gasteiger partial charge in [0.25, 0.3) is 5.91 Å². The lowest BCUT2D eigenvalue weighted by Crippen LogP contribution is -2.45. The number of carbonyl (C=O) groups excluding carboxylic acids is 2. The second kappa shape index (κ2) is 5.16. The van der Waals surface area contributed by atoms with E-state index >= 15 is 0 Å². The summed E-state index contributed by atoms with van der Waals surface area (Å²) in [5.74, 6) is 0.106. The molecule has 7 heteroatoms. The van der Waals surface area contributed by atoms with Gasteiger partial charge in [-0.05, 0) is 19.8 Å². The van der Waals surface area contributed by atoms with Crippen LogP contribution in [0.4, 0.5) is 0 Å². The minimum absolute atomic E-state index is 0.0675. The fourth-order valence-corrected chi connectivity index (χ4v) is 1.44. The Morgan fingerprint density at radius 1 is 1.50 bits per heavy atom. The van der Waals surface area contributed by atoms with Crippen LogP contribution >= 0.6 is 0 Å². The monoisotopic (exact) mass is 251 g/mol. The van der Waals surface area contributed by atoms with E-state index in [0.29, 0.717) is 12.2 Å². The summed E-state index contributed by atoms with van der Waals surface area (Å²) >= 11 is 0. The number of amides is 2. The van der Waals surface area contributed by atoms with E-state index in [0.717, 1.165) is 12.8 Å². The molecule has 1 aromatic rings. The Bertz CT molecular complexity index is 452. The molecule has 7 nitrogen and oxygen atoms in total. The first-order valence-corrected chi connectivity index (χ1v) is 6.12. The molecule has 0 aromatic carbocycles. The van der Waals surface area contributed by atoms with Gasteiger partial charge in [0, 0.05) is 12.5 Å². The number of nitrogens with one attached hydrogen (secondary N) is 3. The molecule has 98 valence electrons. The van der Waals surface area contributed by atoms with Gasteiger partial charge in [-0.2, -0.15) is 0 Å². The van der Waals surface area contributed by atoms with Crippen molar-refractivity contribution in [2.24, 2.45) is 0 Å². The Balaban J connectivity index is 1.87. The fraction of sp³-hybridized carbons (Fsp3) is 0.636. The largest absolute Gasteiger partial charge is 0.352 e. The van der Waals surface area contributed by atoms with Gasteiger partial charge in [0.05, 0.1) is 0 Å². The Hall–Kier alpha value is -1.92. The van der Waals surface area contributed by atoms with Gasteiger partial charge in [-0.15, -0.1) is 5.10 Å². The van der Waals surface area contributed by atoms with Crippen LogP contribution < -0.4 is 10.6 Å². The number of aromatic nitrogens is 3. The zero-order chi connectivity index (χ0) is 13.1. The molecule has 1 atom stereocenters. The lowest BCUT2D eigenvalue weighted by molar-refractivity contribution is -0.122. The summed E-state index contributed by atoms with van der Waals surface area (Å²) in [5.41, 5.74) is 0. The zero-order valence-corrected chi connectivity index (χ0v) is 10.5. The van der Waals surface area contributed by atoms with Gasteiger partial charge in [-0.25, -0.2) is 4.98 Å². The summed E-state index contributed by atoms with van der Waals surface area (Å²) < 4.78 is 0. The highest BCUT2D eigenvalue weighted by Gasteiger charge is 2.26. The van der Waals surface area contributed by atoms with Crippen LogP contribution in [0.15, 0.2) is 0 Å². The molecule has 1 unspecified atom stereocenters. The number of aromatic amines is 1. The molecule has 0 spiro atoms. The van der Waals surface area contributed by atoms with Gasteiger partial charge in [-0.3, -0.25) is 14.7 Å². The molecule has 1 fully saturated rings. The van der Waals surface area contributed by atoms with E-state index in [1.165, 1.54) is 0 Å². The first kappa shape index (κ1) is 12.5. The minimum Gasteiger partial charge on any atom is -0.352 e. The third-order valence-corrected chi connectivity index (χ3v) is 2.73. The number of carbonyl (C=O) groups is 2. The number of hydrogen-bond donors (Lipinski definition) is 3. The Morgan fingerprint density at radius 3 is 2.78 bits per heavy atom. The molecule has 2 amide bonds. The summed E-state index contributed by atoms with van der Waals surface area (Å²) in [7, 11) is 0. The molecule has 0 bridgehead atoms. The highest BCUT2D eigenvalue weighted by atomic mass is 16.2. The van der Waals surface area contributed by atoms with Gasteiger partial charge >= 0.3 is 0 Å². The summed E-state index contributed by atoms with van der Waals surface area (Å²) in [6.07, 6.45) is 2.72. The molecule has 0 aliphatic heterocycles. The Morgan fingerprint density at radius 2 is 2.22 bits per heavy atom. The number of H-pyrrole nitrogens is 1. The second-order valence-electron chi connectivity index (χ2n) is 4.44. The molecule has 3 N–H and O–H groups in total. The molecule has 0 saturated heterocycles. The first-order chi connectivity index (χ1) is 8.60. The van der Waals surface area contributed by atoms with Crippen LogP contribution in [-0.4, -0.2) is 39.1 Å². The van der Waals surface area contributed by atoms with Gasteiger partial charge in [0.2, 0.25) is 11.7 Å². The van der Waals surface area contributed by atoms with Crippen LogP contribution in [0.5, 0.6) is 0 Å². The lowest BCUT2D eigenvalue weighted by atomic mass is 10.3. The maximum atomic E-state index is 11.8. The summed E-state index contributed by atoms with van der Waals surface area (Å²) in [4.78, 5) is 27.4. The van der Waals surface area contributed by atoms with Crippen molar-refractivity contribution in [3.05, 3.63) is 11.6 Å². The quantitative estimate of drug-likeness (QED) is 0.672. The van der Waals surface area contributed by atoms with E-state index in [9.17, 15) is 9.59 Å². The predicted molar refractivity (Wildman–Crippen MR) is 63.9 cm³/mol. The van der Waals surface area contributed by atoms with Crippen molar-refractivity contribution in [1.29, 1.82) is 0 Å². The highest BCUT2D eigenvalue weighted by Crippen LogP contribution is 2.18. The summed E-state index contributed by atoms with van der Waals surface area (Å²) in [5, 5.41) is 11.8. The number of nitrogens with zero attached hydrogens (tertiary/aromatic N) is 2. The average Bonchev–Trinajstić information content (AvgIpc) is 3.03. The molecule has 1 saturated carbocycles. The van der Waals surface area contributed by atoms with Crippen LogP contribution in [0, 0.1) is 0 Å². The third-order valence-electron chi connectivity index (χ3n) is 2.73. The number of aryl methyl sites for hydroxylation is 1. The van der Waals surface area contributed by atoms with Gasteiger partial charge in [0.15, 0.2) is 0 Å². The minimum atomic E-state index is -0.582. The van der Waals surface area contributed by atoms with Gasteiger partial charge in [-0.1, -0.05) is 6.92 Å². The van der Waals surface area contributed by atoms with Crippen LogP contribution in [0.1, 0.15) is 43.1 Å². The molecule has 18 heavy (non-hydrogen) atoms. The first-order valence-electron chi connectivity index (χ1n) is 6.12. The Labute approximate surface area is 105 Å². The second-order valence-corrected chi connectivity index (χ2v) is 4.44. The van der Waals surface area contributed by atoms with Crippen molar-refractivity contribution in [2.75, 3.05) is 0 Å².